The topological polar surface area (TPSA) is 29.3 Å². The van der Waals surface area contributed by atoms with Crippen LogP contribution in [0.1, 0.15) is 16.7 Å². The summed E-state index contributed by atoms with van der Waals surface area (Å²) in [5, 5.41) is 0.828. The molecular formula is C17H21ClN2. The van der Waals surface area contributed by atoms with Crippen molar-refractivity contribution in [2.24, 2.45) is 5.73 Å². The Labute approximate surface area is 126 Å². The number of nitrogens with two attached hydrogens (primary N) is 1. The predicted octanol–water partition coefficient (Wildman–Crippen LogP) is 3.47. The molecule has 0 radical (unpaired) electrons. The smallest absolute Gasteiger partial charge is 0.0451 e. The van der Waals surface area contributed by atoms with Crippen molar-refractivity contribution in [1.82, 2.24) is 4.90 Å². The van der Waals surface area contributed by atoms with Crippen molar-refractivity contribution in [2.45, 2.75) is 19.5 Å². The lowest BCUT2D eigenvalue weighted by Gasteiger charge is -2.19. The van der Waals surface area contributed by atoms with Crippen molar-refractivity contribution in [2.75, 3.05) is 13.6 Å². The maximum absolute atomic E-state index is 6.21. The van der Waals surface area contributed by atoms with Gasteiger partial charge in [-0.2, -0.15) is 0 Å². The van der Waals surface area contributed by atoms with Gasteiger partial charge in [0.1, 0.15) is 0 Å². The van der Waals surface area contributed by atoms with Crippen LogP contribution in [0.5, 0.6) is 0 Å². The van der Waals surface area contributed by atoms with Crippen molar-refractivity contribution < 1.29 is 0 Å². The molecule has 0 saturated carbocycles. The van der Waals surface area contributed by atoms with Gasteiger partial charge in [-0.3, -0.25) is 4.90 Å². The van der Waals surface area contributed by atoms with Crippen LogP contribution in [-0.4, -0.2) is 18.5 Å². The quantitative estimate of drug-likeness (QED) is 0.882. The summed E-state index contributed by atoms with van der Waals surface area (Å²) in [6.07, 6.45) is 0.927. The van der Waals surface area contributed by atoms with Gasteiger partial charge in [0, 0.05) is 18.1 Å². The van der Waals surface area contributed by atoms with Crippen LogP contribution in [0.15, 0.2) is 48.5 Å². The molecule has 0 aliphatic carbocycles. The summed E-state index contributed by atoms with van der Waals surface area (Å²) in [5.74, 6) is 0. The number of hydrogen-bond donors (Lipinski definition) is 1. The first kappa shape index (κ1) is 15.0. The minimum atomic E-state index is 0.686. The third-order valence-corrected chi connectivity index (χ3v) is 3.74. The molecule has 0 spiro atoms. The average Bonchev–Trinajstić information content (AvgIpc) is 2.44. The normalized spacial score (nSPS) is 11.0. The van der Waals surface area contributed by atoms with E-state index in [1.807, 2.05) is 18.2 Å². The van der Waals surface area contributed by atoms with Crippen molar-refractivity contribution >= 4 is 11.6 Å². The molecule has 2 rings (SSSR count). The molecule has 2 aromatic carbocycles. The Hall–Kier alpha value is -1.35. The zero-order chi connectivity index (χ0) is 14.4. The minimum Gasteiger partial charge on any atom is -0.330 e. The monoisotopic (exact) mass is 288 g/mol. The first-order chi connectivity index (χ1) is 9.70. The van der Waals surface area contributed by atoms with Crippen LogP contribution >= 0.6 is 11.6 Å². The first-order valence-corrected chi connectivity index (χ1v) is 7.27. The fourth-order valence-electron chi connectivity index (χ4n) is 2.38. The average molecular weight is 289 g/mol. The van der Waals surface area contributed by atoms with E-state index in [-0.39, 0.29) is 0 Å². The molecular weight excluding hydrogens is 268 g/mol. The Kier molecular flexibility index (Phi) is 5.60. The molecule has 2 N–H and O–H groups in total. The van der Waals surface area contributed by atoms with E-state index in [2.05, 4.69) is 42.3 Å². The van der Waals surface area contributed by atoms with Crippen LogP contribution in [0.25, 0.3) is 0 Å². The molecule has 0 bridgehead atoms. The van der Waals surface area contributed by atoms with Crippen LogP contribution in [-0.2, 0) is 19.5 Å². The fraction of sp³-hybridized carbons (Fsp3) is 0.294. The van der Waals surface area contributed by atoms with Gasteiger partial charge in [-0.05, 0) is 42.8 Å². The third-order valence-electron chi connectivity index (χ3n) is 3.37. The Morgan fingerprint density at radius 3 is 2.10 bits per heavy atom. The highest BCUT2D eigenvalue weighted by atomic mass is 35.5. The second-order valence-corrected chi connectivity index (χ2v) is 5.48. The molecule has 106 valence electrons. The Bertz CT molecular complexity index is 554. The molecule has 20 heavy (non-hydrogen) atoms. The highest BCUT2D eigenvalue weighted by molar-refractivity contribution is 6.31. The van der Waals surface area contributed by atoms with Gasteiger partial charge in [-0.1, -0.05) is 54.1 Å². The molecule has 0 fully saturated rings. The predicted molar refractivity (Wildman–Crippen MR) is 85.8 cm³/mol. The maximum atomic E-state index is 6.21. The van der Waals surface area contributed by atoms with Gasteiger partial charge < -0.3 is 5.73 Å². The summed E-state index contributed by atoms with van der Waals surface area (Å²) in [7, 11) is 2.11. The van der Waals surface area contributed by atoms with Gasteiger partial charge in [-0.25, -0.2) is 0 Å². The van der Waals surface area contributed by atoms with Gasteiger partial charge >= 0.3 is 0 Å². The molecule has 0 unspecified atom stereocenters. The van der Waals surface area contributed by atoms with E-state index >= 15 is 0 Å². The van der Waals surface area contributed by atoms with Crippen LogP contribution < -0.4 is 5.73 Å². The van der Waals surface area contributed by atoms with Crippen LogP contribution in [0.2, 0.25) is 5.02 Å². The highest BCUT2D eigenvalue weighted by Crippen LogP contribution is 2.18. The Morgan fingerprint density at radius 2 is 1.45 bits per heavy atom. The molecule has 0 atom stereocenters. The SMILES string of the molecule is CN(Cc1ccccc1Cl)Cc1ccccc1CCN. The molecule has 0 saturated heterocycles. The zero-order valence-electron chi connectivity index (χ0n) is 11.8. The summed E-state index contributed by atoms with van der Waals surface area (Å²) in [4.78, 5) is 2.27. The van der Waals surface area contributed by atoms with Crippen LogP contribution in [0.4, 0.5) is 0 Å². The van der Waals surface area contributed by atoms with Gasteiger partial charge in [0.2, 0.25) is 0 Å². The molecule has 0 heterocycles. The van der Waals surface area contributed by atoms with Crippen LogP contribution in [0.3, 0.4) is 0 Å². The lowest BCUT2D eigenvalue weighted by Crippen LogP contribution is -2.19. The van der Waals surface area contributed by atoms with E-state index in [0.29, 0.717) is 6.54 Å². The summed E-state index contributed by atoms with van der Waals surface area (Å²) in [5.41, 5.74) is 9.51. The Balaban J connectivity index is 2.05. The van der Waals surface area contributed by atoms with Gasteiger partial charge in [0.15, 0.2) is 0 Å². The second kappa shape index (κ2) is 7.44. The molecule has 2 nitrogen and oxygen atoms in total. The van der Waals surface area contributed by atoms with Crippen molar-refractivity contribution in [3.8, 4) is 0 Å². The van der Waals surface area contributed by atoms with E-state index in [1.165, 1.54) is 11.1 Å². The van der Waals surface area contributed by atoms with Gasteiger partial charge in [-0.15, -0.1) is 0 Å². The summed E-state index contributed by atoms with van der Waals surface area (Å²) >= 11 is 6.21. The minimum absolute atomic E-state index is 0.686. The summed E-state index contributed by atoms with van der Waals surface area (Å²) < 4.78 is 0. The van der Waals surface area contributed by atoms with E-state index in [4.69, 9.17) is 17.3 Å². The van der Waals surface area contributed by atoms with E-state index in [9.17, 15) is 0 Å². The van der Waals surface area contributed by atoms with Crippen LogP contribution in [0, 0.1) is 0 Å². The molecule has 0 aliphatic heterocycles. The van der Waals surface area contributed by atoms with Crippen molar-refractivity contribution in [3.05, 3.63) is 70.2 Å². The van der Waals surface area contributed by atoms with Crippen molar-refractivity contribution in [3.63, 3.8) is 0 Å². The van der Waals surface area contributed by atoms with E-state index in [1.54, 1.807) is 0 Å². The first-order valence-electron chi connectivity index (χ1n) is 6.89. The largest absolute Gasteiger partial charge is 0.330 e. The standard InChI is InChI=1S/C17H21ClN2/c1-20(13-16-8-4-5-9-17(16)18)12-15-7-3-2-6-14(15)10-11-19/h2-9H,10-13,19H2,1H3. The highest BCUT2D eigenvalue weighted by Gasteiger charge is 2.07. The van der Waals surface area contributed by atoms with E-state index < -0.39 is 0 Å². The van der Waals surface area contributed by atoms with Gasteiger partial charge in [0.05, 0.1) is 0 Å². The maximum Gasteiger partial charge on any atom is 0.0451 e. The lowest BCUT2D eigenvalue weighted by atomic mass is 10.0. The number of nitrogens with zero attached hydrogens (tertiary/aromatic N) is 1. The molecule has 0 aliphatic rings. The zero-order valence-corrected chi connectivity index (χ0v) is 12.6. The second-order valence-electron chi connectivity index (χ2n) is 5.07. The summed E-state index contributed by atoms with van der Waals surface area (Å²) in [6.45, 7) is 2.43. The fourth-order valence-corrected chi connectivity index (χ4v) is 2.57. The van der Waals surface area contributed by atoms with E-state index in [0.717, 1.165) is 30.1 Å². The molecule has 3 heteroatoms. The molecule has 0 amide bonds. The number of hydrogen-bond acceptors (Lipinski definition) is 2. The number of rotatable bonds is 6. The Morgan fingerprint density at radius 1 is 0.900 bits per heavy atom. The number of halogens is 1. The lowest BCUT2D eigenvalue weighted by molar-refractivity contribution is 0.318. The van der Waals surface area contributed by atoms with Crippen molar-refractivity contribution in [1.29, 1.82) is 0 Å². The molecule has 0 aromatic heterocycles. The summed E-state index contributed by atoms with van der Waals surface area (Å²) in [6, 6.07) is 16.5. The number of benzene rings is 2. The third kappa shape index (κ3) is 4.07. The van der Waals surface area contributed by atoms with Gasteiger partial charge in [0.25, 0.3) is 0 Å². The molecule has 2 aromatic rings.